The summed E-state index contributed by atoms with van der Waals surface area (Å²) in [5.74, 6) is 0.773. The Labute approximate surface area is 125 Å². The number of rotatable bonds is 3. The molecule has 2 rings (SSSR count). The molecule has 1 aliphatic heterocycles. The standard InChI is InChI=1S/C13H17BrN2O2S/c1-8-11(14)12(17)10(6-15-8)13(18)16-5-3-4-9(16)7-19-2/h6,9H,3-5,7H2,1-2H3,(H,15,17)/t9-/m0/s1. The van der Waals surface area contributed by atoms with Gasteiger partial charge in [0.15, 0.2) is 0 Å². The number of aromatic nitrogens is 1. The monoisotopic (exact) mass is 344 g/mol. The topological polar surface area (TPSA) is 53.2 Å². The van der Waals surface area contributed by atoms with Crippen molar-refractivity contribution in [3.63, 3.8) is 0 Å². The third-order valence-electron chi connectivity index (χ3n) is 3.43. The molecule has 0 aromatic carbocycles. The van der Waals surface area contributed by atoms with Crippen LogP contribution in [0, 0.1) is 6.92 Å². The fourth-order valence-corrected chi connectivity index (χ4v) is 3.44. The molecular weight excluding hydrogens is 328 g/mol. The van der Waals surface area contributed by atoms with Crippen molar-refractivity contribution in [2.24, 2.45) is 0 Å². The molecule has 0 saturated carbocycles. The van der Waals surface area contributed by atoms with Gasteiger partial charge in [0.05, 0.1) is 4.47 Å². The van der Waals surface area contributed by atoms with Gasteiger partial charge in [0, 0.05) is 30.2 Å². The second kappa shape index (κ2) is 6.13. The summed E-state index contributed by atoms with van der Waals surface area (Å²) < 4.78 is 0.443. The summed E-state index contributed by atoms with van der Waals surface area (Å²) in [6, 6.07) is 0.252. The summed E-state index contributed by atoms with van der Waals surface area (Å²) in [6.07, 6.45) is 5.61. The van der Waals surface area contributed by atoms with Gasteiger partial charge in [0.2, 0.25) is 5.43 Å². The van der Waals surface area contributed by atoms with E-state index in [-0.39, 0.29) is 22.9 Å². The minimum atomic E-state index is -0.226. The zero-order chi connectivity index (χ0) is 14.0. The molecule has 0 unspecified atom stereocenters. The highest BCUT2D eigenvalue weighted by molar-refractivity contribution is 9.10. The predicted molar refractivity (Wildman–Crippen MR) is 81.9 cm³/mol. The van der Waals surface area contributed by atoms with Crippen LogP contribution in [-0.2, 0) is 0 Å². The molecule has 0 radical (unpaired) electrons. The van der Waals surface area contributed by atoms with Gasteiger partial charge < -0.3 is 9.88 Å². The first kappa shape index (κ1) is 14.7. The van der Waals surface area contributed by atoms with E-state index in [0.29, 0.717) is 4.47 Å². The van der Waals surface area contributed by atoms with Crippen LogP contribution in [0.3, 0.4) is 0 Å². The summed E-state index contributed by atoms with van der Waals surface area (Å²) in [7, 11) is 0. The number of hydrogen-bond donors (Lipinski definition) is 1. The molecule has 104 valence electrons. The van der Waals surface area contributed by atoms with Crippen LogP contribution < -0.4 is 5.43 Å². The first-order valence-electron chi connectivity index (χ1n) is 6.24. The molecule has 1 amide bonds. The molecule has 1 saturated heterocycles. The molecule has 6 heteroatoms. The van der Waals surface area contributed by atoms with Crippen LogP contribution in [0.15, 0.2) is 15.5 Å². The number of likely N-dealkylation sites (tertiary alicyclic amines) is 1. The molecule has 19 heavy (non-hydrogen) atoms. The predicted octanol–water partition coefficient (Wildman–Crippen LogP) is 2.41. The molecule has 2 heterocycles. The van der Waals surface area contributed by atoms with Crippen LogP contribution in [0.1, 0.15) is 28.9 Å². The van der Waals surface area contributed by atoms with Crippen LogP contribution in [0.4, 0.5) is 0 Å². The lowest BCUT2D eigenvalue weighted by atomic mass is 10.2. The van der Waals surface area contributed by atoms with Crippen molar-refractivity contribution >= 4 is 33.6 Å². The molecule has 1 fully saturated rings. The Balaban J connectivity index is 2.29. The molecule has 4 nitrogen and oxygen atoms in total. The van der Waals surface area contributed by atoms with Crippen molar-refractivity contribution in [3.8, 4) is 0 Å². The molecule has 1 aromatic heterocycles. The largest absolute Gasteiger partial charge is 0.363 e. The summed E-state index contributed by atoms with van der Waals surface area (Å²) in [5, 5.41) is 0. The number of thioether (sulfide) groups is 1. The highest BCUT2D eigenvalue weighted by atomic mass is 79.9. The van der Waals surface area contributed by atoms with Crippen LogP contribution in [0.2, 0.25) is 0 Å². The lowest BCUT2D eigenvalue weighted by Crippen LogP contribution is -2.39. The maximum atomic E-state index is 12.5. The second-order valence-electron chi connectivity index (χ2n) is 4.72. The maximum absolute atomic E-state index is 12.5. The SMILES string of the molecule is CSC[C@@H]1CCCN1C(=O)c1c[nH]c(C)c(Br)c1=O. The lowest BCUT2D eigenvalue weighted by molar-refractivity contribution is 0.0748. The normalized spacial score (nSPS) is 18.9. The minimum absolute atomic E-state index is 0.154. The van der Waals surface area contributed by atoms with E-state index in [0.717, 1.165) is 30.8 Å². The van der Waals surface area contributed by atoms with Gasteiger partial charge in [-0.1, -0.05) is 0 Å². The Bertz CT molecular complexity index is 544. The number of halogens is 1. The zero-order valence-electron chi connectivity index (χ0n) is 11.0. The van der Waals surface area contributed by atoms with Gasteiger partial charge >= 0.3 is 0 Å². The van der Waals surface area contributed by atoms with E-state index in [9.17, 15) is 9.59 Å². The minimum Gasteiger partial charge on any atom is -0.363 e. The summed E-state index contributed by atoms with van der Waals surface area (Å²) in [5.41, 5.74) is 0.741. The van der Waals surface area contributed by atoms with Gasteiger partial charge in [-0.2, -0.15) is 11.8 Å². The summed E-state index contributed by atoms with van der Waals surface area (Å²) >= 11 is 4.97. The Morgan fingerprint density at radius 2 is 2.37 bits per heavy atom. The number of pyridine rings is 1. The number of H-pyrrole nitrogens is 1. The van der Waals surface area contributed by atoms with E-state index < -0.39 is 0 Å². The summed E-state index contributed by atoms with van der Waals surface area (Å²) in [6.45, 7) is 2.54. The molecular formula is C13H17BrN2O2S. The number of hydrogen-bond acceptors (Lipinski definition) is 3. The van der Waals surface area contributed by atoms with Gasteiger partial charge in [-0.3, -0.25) is 9.59 Å². The second-order valence-corrected chi connectivity index (χ2v) is 6.42. The number of aromatic amines is 1. The van der Waals surface area contributed by atoms with Crippen molar-refractivity contribution in [2.75, 3.05) is 18.6 Å². The number of carbonyl (C=O) groups is 1. The van der Waals surface area contributed by atoms with Crippen LogP contribution in [0.5, 0.6) is 0 Å². The van der Waals surface area contributed by atoms with Crippen LogP contribution in [-0.4, -0.2) is 40.4 Å². The van der Waals surface area contributed by atoms with Crippen molar-refractivity contribution in [2.45, 2.75) is 25.8 Å². The van der Waals surface area contributed by atoms with Crippen LogP contribution in [0.25, 0.3) is 0 Å². The molecule has 1 N–H and O–H groups in total. The fraction of sp³-hybridized carbons (Fsp3) is 0.538. The maximum Gasteiger partial charge on any atom is 0.259 e. The Kier molecular flexibility index (Phi) is 4.73. The molecule has 0 aliphatic carbocycles. The third-order valence-corrected chi connectivity index (χ3v) is 5.11. The van der Waals surface area contributed by atoms with E-state index in [1.165, 1.54) is 6.20 Å². The van der Waals surface area contributed by atoms with Gasteiger partial charge in [-0.15, -0.1) is 0 Å². The fourth-order valence-electron chi connectivity index (χ4n) is 2.38. The Morgan fingerprint density at radius 1 is 1.63 bits per heavy atom. The third kappa shape index (κ3) is 2.89. The average Bonchev–Trinajstić information content (AvgIpc) is 2.84. The smallest absolute Gasteiger partial charge is 0.259 e. The van der Waals surface area contributed by atoms with Crippen molar-refractivity contribution in [3.05, 3.63) is 32.2 Å². The molecule has 0 bridgehead atoms. The average molecular weight is 345 g/mol. The number of amides is 1. The van der Waals surface area contributed by atoms with Crippen molar-refractivity contribution < 1.29 is 4.79 Å². The molecule has 1 aromatic rings. The van der Waals surface area contributed by atoms with Gasteiger partial charge in [0.25, 0.3) is 5.91 Å². The van der Waals surface area contributed by atoms with Crippen molar-refractivity contribution in [1.82, 2.24) is 9.88 Å². The highest BCUT2D eigenvalue weighted by Crippen LogP contribution is 2.22. The first-order chi connectivity index (χ1) is 9.06. The van der Waals surface area contributed by atoms with Crippen molar-refractivity contribution in [1.29, 1.82) is 0 Å². The Hall–Kier alpha value is -0.750. The van der Waals surface area contributed by atoms with E-state index in [2.05, 4.69) is 20.9 Å². The van der Waals surface area contributed by atoms with E-state index in [4.69, 9.17) is 0 Å². The molecule has 0 spiro atoms. The van der Waals surface area contributed by atoms with E-state index >= 15 is 0 Å². The number of aryl methyl sites for hydroxylation is 1. The summed E-state index contributed by atoms with van der Waals surface area (Å²) in [4.78, 5) is 29.4. The van der Waals surface area contributed by atoms with Gasteiger partial charge in [-0.05, 0) is 42.0 Å². The molecule has 1 atom stereocenters. The molecule has 1 aliphatic rings. The first-order valence-corrected chi connectivity index (χ1v) is 8.42. The zero-order valence-corrected chi connectivity index (χ0v) is 13.4. The Morgan fingerprint density at radius 3 is 3.05 bits per heavy atom. The van der Waals surface area contributed by atoms with E-state index in [1.54, 1.807) is 18.7 Å². The highest BCUT2D eigenvalue weighted by Gasteiger charge is 2.30. The van der Waals surface area contributed by atoms with Gasteiger partial charge in [-0.25, -0.2) is 0 Å². The number of nitrogens with one attached hydrogen (secondary N) is 1. The quantitative estimate of drug-likeness (QED) is 0.915. The number of nitrogens with zero attached hydrogens (tertiary/aromatic N) is 1. The van der Waals surface area contributed by atoms with Gasteiger partial charge in [0.1, 0.15) is 5.56 Å². The van der Waals surface area contributed by atoms with Crippen LogP contribution >= 0.6 is 27.7 Å². The van der Waals surface area contributed by atoms with E-state index in [1.807, 2.05) is 11.2 Å². The lowest BCUT2D eigenvalue weighted by Gasteiger charge is -2.24. The number of carbonyl (C=O) groups excluding carboxylic acids is 1.